The second kappa shape index (κ2) is 13.1. The zero-order valence-corrected chi connectivity index (χ0v) is 31.6. The second-order valence-corrected chi connectivity index (χ2v) is 19.4. The van der Waals surface area contributed by atoms with Gasteiger partial charge in [0.15, 0.2) is 0 Å². The fraction of sp³-hybridized carbons (Fsp3) is 0.868. The van der Waals surface area contributed by atoms with E-state index < -0.39 is 56.9 Å². The van der Waals surface area contributed by atoms with Gasteiger partial charge in [0.1, 0.15) is 0 Å². The lowest BCUT2D eigenvalue weighted by molar-refractivity contribution is 0.0133. The molecular weight excluding hydrogens is 606 g/mol. The monoisotopic (exact) mass is 667 g/mol. The van der Waals surface area contributed by atoms with Crippen molar-refractivity contribution in [2.45, 2.75) is 158 Å². The van der Waals surface area contributed by atoms with E-state index in [4.69, 9.17) is 0 Å². The SMILES string of the molecule is CC(C)CC1(C)CCC(C)(C)C(n2c(=O)n(C3CC(C)(CN=C=O)CCC3(C)C)c(=O)n(C3CC(C)(CN=C=O)CCC3(C)C)c2=O)C1. The van der Waals surface area contributed by atoms with Gasteiger partial charge in [-0.1, -0.05) is 76.2 Å². The third-order valence-corrected chi connectivity index (χ3v) is 13.0. The first-order valence-electron chi connectivity index (χ1n) is 18.1. The first-order chi connectivity index (χ1) is 22.0. The van der Waals surface area contributed by atoms with Crippen LogP contribution in [0.2, 0.25) is 0 Å². The van der Waals surface area contributed by atoms with Crippen molar-refractivity contribution in [3.63, 3.8) is 0 Å². The van der Waals surface area contributed by atoms with Crippen LogP contribution in [0.5, 0.6) is 0 Å². The van der Waals surface area contributed by atoms with E-state index in [1.54, 1.807) is 12.2 Å². The molecule has 268 valence electrons. The van der Waals surface area contributed by atoms with Crippen LogP contribution < -0.4 is 17.1 Å². The average molecular weight is 668 g/mol. The number of aromatic nitrogens is 3. The summed E-state index contributed by atoms with van der Waals surface area (Å²) in [6, 6.07) is -1.42. The molecule has 4 rings (SSSR count). The maximum absolute atomic E-state index is 15.1. The van der Waals surface area contributed by atoms with E-state index in [1.807, 2.05) is 0 Å². The number of nitrogens with zero attached hydrogens (tertiary/aromatic N) is 5. The van der Waals surface area contributed by atoms with E-state index in [0.29, 0.717) is 25.2 Å². The van der Waals surface area contributed by atoms with Gasteiger partial charge in [-0.2, -0.15) is 0 Å². The van der Waals surface area contributed by atoms with Crippen molar-refractivity contribution < 1.29 is 9.59 Å². The van der Waals surface area contributed by atoms with Crippen molar-refractivity contribution in [3.8, 4) is 0 Å². The molecule has 3 aliphatic rings. The highest BCUT2D eigenvalue weighted by Crippen LogP contribution is 2.54. The Balaban J connectivity index is 2.07. The molecule has 1 aromatic heterocycles. The predicted octanol–water partition coefficient (Wildman–Crippen LogP) is 7.16. The van der Waals surface area contributed by atoms with Gasteiger partial charge in [0.2, 0.25) is 12.2 Å². The number of isocyanates is 2. The Bertz CT molecular complexity index is 1560. The lowest BCUT2D eigenvalue weighted by Gasteiger charge is -2.50. The molecule has 6 unspecified atom stereocenters. The molecular formula is C38H61N5O5. The summed E-state index contributed by atoms with van der Waals surface area (Å²) in [6.07, 6.45) is 10.8. The summed E-state index contributed by atoms with van der Waals surface area (Å²) in [7, 11) is 0. The molecule has 10 nitrogen and oxygen atoms in total. The Morgan fingerprint density at radius 1 is 0.562 bits per heavy atom. The van der Waals surface area contributed by atoms with Gasteiger partial charge in [-0.05, 0) is 103 Å². The van der Waals surface area contributed by atoms with Crippen molar-refractivity contribution in [1.29, 1.82) is 0 Å². The average Bonchev–Trinajstić information content (AvgIpc) is 2.97. The second-order valence-electron chi connectivity index (χ2n) is 19.4. The summed E-state index contributed by atoms with van der Waals surface area (Å²) in [5.41, 5.74) is -3.74. The molecule has 0 amide bonds. The Labute approximate surface area is 286 Å². The highest BCUT2D eigenvalue weighted by Gasteiger charge is 2.50. The summed E-state index contributed by atoms with van der Waals surface area (Å²) in [5.74, 6) is 0.462. The zero-order chi connectivity index (χ0) is 36.1. The van der Waals surface area contributed by atoms with E-state index in [0.717, 1.165) is 44.9 Å². The number of hydrogen-bond acceptors (Lipinski definition) is 7. The van der Waals surface area contributed by atoms with E-state index >= 15 is 14.4 Å². The van der Waals surface area contributed by atoms with Gasteiger partial charge in [-0.15, -0.1) is 0 Å². The number of rotatable bonds is 9. The highest BCUT2D eigenvalue weighted by molar-refractivity contribution is 5.33. The van der Waals surface area contributed by atoms with E-state index in [1.165, 1.54) is 13.7 Å². The number of hydrogen-bond donors (Lipinski definition) is 0. The largest absolute Gasteiger partial charge is 0.336 e. The summed E-state index contributed by atoms with van der Waals surface area (Å²) in [4.78, 5) is 75.4. The van der Waals surface area contributed by atoms with Crippen LogP contribution in [0.4, 0.5) is 0 Å². The van der Waals surface area contributed by atoms with Crippen LogP contribution in [0.1, 0.15) is 158 Å². The van der Waals surface area contributed by atoms with Crippen molar-refractivity contribution in [2.24, 2.45) is 48.4 Å². The van der Waals surface area contributed by atoms with Gasteiger partial charge >= 0.3 is 17.1 Å². The Hall–Kier alpha value is -2.83. The normalized spacial score (nSPS) is 34.2. The molecule has 0 N–H and O–H groups in total. The van der Waals surface area contributed by atoms with Crippen LogP contribution in [0.25, 0.3) is 0 Å². The zero-order valence-electron chi connectivity index (χ0n) is 31.6. The Morgan fingerprint density at radius 3 is 1.15 bits per heavy atom. The van der Waals surface area contributed by atoms with E-state index in [-0.39, 0.29) is 23.9 Å². The molecule has 3 saturated carbocycles. The lowest BCUT2D eigenvalue weighted by atomic mass is 9.61. The fourth-order valence-corrected chi connectivity index (χ4v) is 9.53. The minimum absolute atomic E-state index is 0.0585. The summed E-state index contributed by atoms with van der Waals surface area (Å²) in [6.45, 7) is 24.0. The van der Waals surface area contributed by atoms with Gasteiger partial charge in [0, 0.05) is 18.1 Å². The quantitative estimate of drug-likeness (QED) is 0.204. The van der Waals surface area contributed by atoms with Gasteiger partial charge in [-0.3, -0.25) is 0 Å². The number of carbonyl (C=O) groups excluding carboxylic acids is 2. The topological polar surface area (TPSA) is 125 Å². The third kappa shape index (κ3) is 7.35. The maximum Gasteiger partial charge on any atom is 0.336 e. The Morgan fingerprint density at radius 2 is 0.854 bits per heavy atom. The van der Waals surface area contributed by atoms with Crippen molar-refractivity contribution in [2.75, 3.05) is 13.1 Å². The minimum atomic E-state index is -0.567. The lowest BCUT2D eigenvalue weighted by Crippen LogP contribution is -2.63. The molecule has 48 heavy (non-hydrogen) atoms. The predicted molar refractivity (Wildman–Crippen MR) is 189 cm³/mol. The smallest absolute Gasteiger partial charge is 0.247 e. The van der Waals surface area contributed by atoms with Crippen LogP contribution in [0.3, 0.4) is 0 Å². The van der Waals surface area contributed by atoms with Crippen molar-refractivity contribution >= 4 is 12.2 Å². The first kappa shape index (κ1) is 38.0. The first-order valence-corrected chi connectivity index (χ1v) is 18.1. The van der Waals surface area contributed by atoms with Gasteiger partial charge in [-0.25, -0.2) is 47.7 Å². The molecule has 1 heterocycles. The van der Waals surface area contributed by atoms with Crippen LogP contribution in [-0.2, 0) is 9.59 Å². The molecule has 0 saturated heterocycles. The third-order valence-electron chi connectivity index (χ3n) is 13.0. The molecule has 0 bridgehead atoms. The highest BCUT2D eigenvalue weighted by atomic mass is 16.2. The molecule has 0 aliphatic heterocycles. The molecule has 0 spiro atoms. The number of aliphatic imine (C=N–C) groups is 2. The van der Waals surface area contributed by atoms with Crippen molar-refractivity contribution in [3.05, 3.63) is 31.5 Å². The standard InChI is InChI=1S/C38H61N5O5/c1-26(2)18-36(9)15-12-33(3,4)27(19-36)41-30(46)42(28-20-37(10,22-39-24-44)16-13-34(28,5)6)32(48)43(31(41)47)29-21-38(11,23-40-25-45)17-14-35(29,7)8/h26-29H,12-23H2,1-11H3. The molecule has 6 atom stereocenters. The molecule has 3 aliphatic carbocycles. The van der Waals surface area contributed by atoms with Gasteiger partial charge < -0.3 is 0 Å². The summed E-state index contributed by atoms with van der Waals surface area (Å²) < 4.78 is 4.30. The molecule has 10 heteroatoms. The fourth-order valence-electron chi connectivity index (χ4n) is 9.53. The molecule has 1 aromatic rings. The molecule has 0 radical (unpaired) electrons. The van der Waals surface area contributed by atoms with Crippen LogP contribution >= 0.6 is 0 Å². The van der Waals surface area contributed by atoms with Crippen LogP contribution in [-0.4, -0.2) is 39.0 Å². The van der Waals surface area contributed by atoms with Gasteiger partial charge in [0.05, 0.1) is 13.1 Å². The van der Waals surface area contributed by atoms with E-state index in [2.05, 4.69) is 86.1 Å². The summed E-state index contributed by atoms with van der Waals surface area (Å²) >= 11 is 0. The Kier molecular flexibility index (Phi) is 10.4. The summed E-state index contributed by atoms with van der Waals surface area (Å²) in [5, 5.41) is 0. The van der Waals surface area contributed by atoms with Crippen molar-refractivity contribution in [1.82, 2.24) is 13.7 Å². The maximum atomic E-state index is 15.1. The molecule has 0 aromatic carbocycles. The van der Waals surface area contributed by atoms with E-state index in [9.17, 15) is 9.59 Å². The van der Waals surface area contributed by atoms with Crippen LogP contribution in [0.15, 0.2) is 24.4 Å². The van der Waals surface area contributed by atoms with Crippen LogP contribution in [0, 0.1) is 38.4 Å². The van der Waals surface area contributed by atoms with Gasteiger partial charge in [0.25, 0.3) is 0 Å². The minimum Gasteiger partial charge on any atom is -0.247 e. The molecule has 3 fully saturated rings.